The van der Waals surface area contributed by atoms with Crippen molar-refractivity contribution in [1.29, 1.82) is 0 Å². The maximum absolute atomic E-state index is 13.4. The van der Waals surface area contributed by atoms with Crippen LogP contribution in [0, 0.1) is 11.8 Å². The minimum atomic E-state index is -2.75. The van der Waals surface area contributed by atoms with E-state index in [9.17, 15) is 4.79 Å². The molecule has 2 fully saturated rings. The standard InChI is InChI=1S/C32H57N2O5PS3Si2/c1-22(2)31(5,6)44(10,11)37-21-27-26(39-45(12,13)32(7,8)23(3)4)20-29(34-19-18-28(41)33-30(34)35)43-40(42,38-27)25-16-14-24(36-9)15-17-25/h14-17,22-23,26-27,29H,18-21H2,1-13H3,(H,33,35,41)/t26-,27+,29+,40-/m0/s1. The van der Waals surface area contributed by atoms with Crippen molar-refractivity contribution in [3.63, 3.8) is 0 Å². The zero-order chi connectivity index (χ0) is 34.2. The van der Waals surface area contributed by atoms with Crippen molar-refractivity contribution in [3.05, 3.63) is 24.3 Å². The average molecular weight is 733 g/mol. The molecule has 2 aliphatic heterocycles. The van der Waals surface area contributed by atoms with Gasteiger partial charge < -0.3 is 28.3 Å². The van der Waals surface area contributed by atoms with Gasteiger partial charge in [0.25, 0.3) is 0 Å². The number of ether oxygens (including phenoxy) is 1. The van der Waals surface area contributed by atoms with Gasteiger partial charge in [0.15, 0.2) is 22.1 Å². The van der Waals surface area contributed by atoms with Crippen molar-refractivity contribution in [3.8, 4) is 5.75 Å². The summed E-state index contributed by atoms with van der Waals surface area (Å²) in [7, 11) is -2.88. The van der Waals surface area contributed by atoms with Gasteiger partial charge >= 0.3 is 6.03 Å². The molecule has 45 heavy (non-hydrogen) atoms. The highest BCUT2D eigenvalue weighted by Crippen LogP contribution is 2.65. The van der Waals surface area contributed by atoms with Gasteiger partial charge in [-0.05, 0) is 72.4 Å². The van der Waals surface area contributed by atoms with Crippen LogP contribution >= 0.6 is 29.1 Å². The van der Waals surface area contributed by atoms with Crippen LogP contribution in [0.2, 0.25) is 36.3 Å². The van der Waals surface area contributed by atoms with Crippen molar-refractivity contribution in [2.45, 2.75) is 122 Å². The molecule has 0 unspecified atom stereocenters. The lowest BCUT2D eigenvalue weighted by Crippen LogP contribution is -2.55. The fourth-order valence-electron chi connectivity index (χ4n) is 5.41. The maximum Gasteiger partial charge on any atom is 0.323 e. The van der Waals surface area contributed by atoms with E-state index in [1.165, 1.54) is 0 Å². The quantitative estimate of drug-likeness (QED) is 0.130. The number of hydrogen-bond acceptors (Lipinski definition) is 8. The van der Waals surface area contributed by atoms with Gasteiger partial charge in [0, 0.05) is 24.7 Å². The number of amides is 2. The largest absolute Gasteiger partial charge is 0.497 e. The molecule has 0 bridgehead atoms. The molecule has 1 aromatic carbocycles. The van der Waals surface area contributed by atoms with Gasteiger partial charge in [-0.3, -0.25) is 0 Å². The van der Waals surface area contributed by atoms with E-state index in [2.05, 4.69) is 86.9 Å². The number of nitrogens with zero attached hydrogens (tertiary/aromatic N) is 1. The molecule has 1 N–H and O–H groups in total. The summed E-state index contributed by atoms with van der Waals surface area (Å²) in [5, 5.41) is 3.61. The van der Waals surface area contributed by atoms with Crippen LogP contribution in [-0.4, -0.2) is 70.4 Å². The lowest BCUT2D eigenvalue weighted by Gasteiger charge is -2.47. The summed E-state index contributed by atoms with van der Waals surface area (Å²) in [6.07, 6.45) is 0.508. The topological polar surface area (TPSA) is 69.3 Å². The third-order valence-corrected chi connectivity index (χ3v) is 27.3. The summed E-state index contributed by atoms with van der Waals surface area (Å²) in [5.41, 5.74) is -2.75. The SMILES string of the molecule is COc1ccc([P@@]2(=S)O[C@H](CO[Si](C)(C)C(C)(C)C(C)C)[C@@H](O[Si](C)(C)C(C)(C)C(C)C)C[C@H](N3CCC(=S)NC3=O)S2)cc1. The Balaban J connectivity index is 2.13. The van der Waals surface area contributed by atoms with Crippen LogP contribution in [0.25, 0.3) is 0 Å². The lowest BCUT2D eigenvalue weighted by atomic mass is 9.99. The summed E-state index contributed by atoms with van der Waals surface area (Å²) in [4.78, 5) is 15.8. The number of rotatable bonds is 12. The third-order valence-electron chi connectivity index (χ3n) is 11.3. The van der Waals surface area contributed by atoms with Gasteiger partial charge in [-0.2, -0.15) is 0 Å². The molecule has 256 valence electrons. The highest BCUT2D eigenvalue weighted by atomic mass is 32.9. The predicted octanol–water partition coefficient (Wildman–Crippen LogP) is 8.91. The van der Waals surface area contributed by atoms with Crippen molar-refractivity contribution in [1.82, 2.24) is 10.2 Å². The fourth-order valence-corrected chi connectivity index (χ4v) is 17.3. The summed E-state index contributed by atoms with van der Waals surface area (Å²) >= 11 is 13.5. The molecule has 0 saturated carbocycles. The molecule has 2 heterocycles. The van der Waals surface area contributed by atoms with Crippen molar-refractivity contribution >= 4 is 73.8 Å². The number of thiocarbonyl (C=S) groups is 1. The van der Waals surface area contributed by atoms with E-state index < -0.39 is 28.2 Å². The normalized spacial score (nSPS) is 25.8. The minimum Gasteiger partial charge on any atom is -0.497 e. The Kier molecular flexibility index (Phi) is 12.8. The van der Waals surface area contributed by atoms with Gasteiger partial charge in [-0.1, -0.05) is 90.8 Å². The zero-order valence-corrected chi connectivity index (χ0v) is 35.0. The molecule has 0 radical (unpaired) electrons. The van der Waals surface area contributed by atoms with Crippen molar-refractivity contribution in [2.24, 2.45) is 11.8 Å². The number of nitrogens with one attached hydrogen (secondary N) is 1. The molecule has 13 heteroatoms. The zero-order valence-electron chi connectivity index (χ0n) is 29.7. The molecule has 2 aliphatic rings. The predicted molar refractivity (Wildman–Crippen MR) is 204 cm³/mol. The number of carbonyl (C=O) groups is 1. The van der Waals surface area contributed by atoms with E-state index in [4.69, 9.17) is 42.1 Å². The molecule has 0 aliphatic carbocycles. The monoisotopic (exact) mass is 732 g/mol. The highest BCUT2D eigenvalue weighted by molar-refractivity contribution is 8.71. The second-order valence-corrected chi connectivity index (χ2v) is 31.7. The Bertz CT molecular complexity index is 1260. The summed E-state index contributed by atoms with van der Waals surface area (Å²) in [6, 6.07) is 7.70. The minimum absolute atomic E-state index is 0.00806. The molecule has 0 aromatic heterocycles. The Morgan fingerprint density at radius 1 is 1.04 bits per heavy atom. The van der Waals surface area contributed by atoms with E-state index in [1.54, 1.807) is 18.5 Å². The van der Waals surface area contributed by atoms with Crippen LogP contribution < -0.4 is 15.4 Å². The first-order valence-corrected chi connectivity index (χ1v) is 26.5. The first-order chi connectivity index (χ1) is 20.6. The van der Waals surface area contributed by atoms with E-state index >= 15 is 0 Å². The first-order valence-electron chi connectivity index (χ1n) is 16.1. The summed E-state index contributed by atoms with van der Waals surface area (Å²) < 4.78 is 27.0. The number of hydrogen-bond donors (Lipinski definition) is 1. The van der Waals surface area contributed by atoms with E-state index in [-0.39, 0.29) is 27.6 Å². The van der Waals surface area contributed by atoms with Crippen LogP contribution in [0.15, 0.2) is 24.3 Å². The first kappa shape index (κ1) is 39.1. The van der Waals surface area contributed by atoms with Crippen LogP contribution in [0.1, 0.15) is 68.2 Å². The van der Waals surface area contributed by atoms with Crippen LogP contribution in [0.3, 0.4) is 0 Å². The molecular weight excluding hydrogens is 676 g/mol. The Hall–Kier alpha value is -0.306. The fraction of sp³-hybridized carbons (Fsp3) is 0.750. The maximum atomic E-state index is 13.4. The molecule has 4 atom stereocenters. The van der Waals surface area contributed by atoms with Gasteiger partial charge in [0.1, 0.15) is 11.9 Å². The Morgan fingerprint density at radius 2 is 1.60 bits per heavy atom. The average Bonchev–Trinajstić information content (AvgIpc) is 3.07. The molecule has 1 aromatic rings. The lowest BCUT2D eigenvalue weighted by molar-refractivity contribution is 0.0108. The van der Waals surface area contributed by atoms with Crippen LogP contribution in [0.5, 0.6) is 5.75 Å². The number of carbonyl (C=O) groups excluding carboxylic acids is 1. The smallest absolute Gasteiger partial charge is 0.323 e. The van der Waals surface area contributed by atoms with Crippen molar-refractivity contribution in [2.75, 3.05) is 20.3 Å². The van der Waals surface area contributed by atoms with E-state index in [0.717, 1.165) is 11.1 Å². The summed E-state index contributed by atoms with van der Waals surface area (Å²) in [5.74, 6) is 1.66. The number of methoxy groups -OCH3 is 1. The molecule has 2 amide bonds. The second-order valence-electron chi connectivity index (χ2n) is 15.2. The Morgan fingerprint density at radius 3 is 2.11 bits per heavy atom. The molecule has 7 nitrogen and oxygen atoms in total. The van der Waals surface area contributed by atoms with Gasteiger partial charge in [0.2, 0.25) is 0 Å². The van der Waals surface area contributed by atoms with Crippen molar-refractivity contribution < 1.29 is 22.9 Å². The van der Waals surface area contributed by atoms with Crippen LogP contribution in [-0.2, 0) is 25.2 Å². The Labute approximate surface area is 289 Å². The number of urea groups is 1. The molecule has 3 rings (SSSR count). The van der Waals surface area contributed by atoms with E-state index in [0.29, 0.717) is 42.8 Å². The number of benzene rings is 1. The molecule has 2 saturated heterocycles. The van der Waals surface area contributed by atoms with Gasteiger partial charge in [-0.15, -0.1) is 0 Å². The molecular formula is C32H57N2O5PS3Si2. The van der Waals surface area contributed by atoms with Gasteiger partial charge in [0.05, 0.1) is 30.2 Å². The molecule has 0 spiro atoms. The van der Waals surface area contributed by atoms with Crippen LogP contribution in [0.4, 0.5) is 4.79 Å². The van der Waals surface area contributed by atoms with Gasteiger partial charge in [-0.25, -0.2) is 4.79 Å². The third kappa shape index (κ3) is 8.65. The summed E-state index contributed by atoms with van der Waals surface area (Å²) in [6.45, 7) is 28.5. The second kappa shape index (κ2) is 14.7. The highest BCUT2D eigenvalue weighted by Gasteiger charge is 2.51. The van der Waals surface area contributed by atoms with E-state index in [1.807, 2.05) is 29.2 Å².